The molecule has 1 rings (SSSR count). The summed E-state index contributed by atoms with van der Waals surface area (Å²) in [6.07, 6.45) is 1.11. The van der Waals surface area contributed by atoms with E-state index in [-0.39, 0.29) is 24.9 Å². The summed E-state index contributed by atoms with van der Waals surface area (Å²) in [6, 6.07) is 6.47. The third-order valence-corrected chi connectivity index (χ3v) is 4.35. The van der Waals surface area contributed by atoms with Crippen molar-refractivity contribution in [3.8, 4) is 0 Å². The van der Waals surface area contributed by atoms with E-state index in [1.54, 1.807) is 45.0 Å². The minimum Gasteiger partial charge on any atom is -0.354 e. The van der Waals surface area contributed by atoms with Crippen LogP contribution in [0.1, 0.15) is 27.7 Å². The molecule has 0 aliphatic rings. The number of sulfonamides is 1. The topological polar surface area (TPSA) is 95.6 Å². The van der Waals surface area contributed by atoms with Gasteiger partial charge >= 0.3 is 0 Å². The predicted molar refractivity (Wildman–Crippen MR) is 95.4 cm³/mol. The Balaban J connectivity index is 2.84. The van der Waals surface area contributed by atoms with E-state index >= 15 is 0 Å². The van der Waals surface area contributed by atoms with Crippen LogP contribution in [-0.4, -0.2) is 39.6 Å². The smallest absolute Gasteiger partial charge is 0.232 e. The number of anilines is 2. The molecule has 0 aromatic heterocycles. The standard InChI is InChI=1S/C16H25N3O4S/c1-12(20)18-13-6-8-14(9-7-13)19(24(5,22)23)11-10-17-15(21)16(2,3)4/h6-9H,10-11H2,1-5H3,(H,17,21)(H,18,20). The van der Waals surface area contributed by atoms with E-state index in [4.69, 9.17) is 0 Å². The minimum atomic E-state index is -3.49. The van der Waals surface area contributed by atoms with E-state index in [0.717, 1.165) is 6.26 Å². The number of nitrogens with one attached hydrogen (secondary N) is 2. The van der Waals surface area contributed by atoms with Crippen LogP contribution in [0, 0.1) is 5.41 Å². The molecular formula is C16H25N3O4S. The van der Waals surface area contributed by atoms with Gasteiger partial charge in [0, 0.05) is 24.6 Å². The van der Waals surface area contributed by atoms with Crippen LogP contribution < -0.4 is 14.9 Å². The number of hydrogen-bond acceptors (Lipinski definition) is 4. The molecule has 0 aliphatic carbocycles. The van der Waals surface area contributed by atoms with Crippen LogP contribution >= 0.6 is 0 Å². The van der Waals surface area contributed by atoms with Crippen molar-refractivity contribution in [3.63, 3.8) is 0 Å². The Kier molecular flexibility index (Phi) is 6.36. The second-order valence-electron chi connectivity index (χ2n) is 6.57. The summed E-state index contributed by atoms with van der Waals surface area (Å²) < 4.78 is 25.2. The lowest BCUT2D eigenvalue weighted by atomic mass is 9.96. The summed E-state index contributed by atoms with van der Waals surface area (Å²) in [5.74, 6) is -0.343. The number of hydrogen-bond donors (Lipinski definition) is 2. The van der Waals surface area contributed by atoms with Gasteiger partial charge in [0.05, 0.1) is 18.5 Å². The van der Waals surface area contributed by atoms with Crippen molar-refractivity contribution in [2.75, 3.05) is 29.0 Å². The maximum absolute atomic E-state index is 12.0. The number of benzene rings is 1. The number of amides is 2. The van der Waals surface area contributed by atoms with Gasteiger partial charge in [-0.3, -0.25) is 13.9 Å². The van der Waals surface area contributed by atoms with Gasteiger partial charge in [-0.15, -0.1) is 0 Å². The van der Waals surface area contributed by atoms with Crippen molar-refractivity contribution in [2.45, 2.75) is 27.7 Å². The first-order valence-corrected chi connectivity index (χ1v) is 9.40. The fourth-order valence-corrected chi connectivity index (χ4v) is 2.86. The zero-order chi connectivity index (χ0) is 18.5. The SMILES string of the molecule is CC(=O)Nc1ccc(N(CCNC(=O)C(C)(C)C)S(C)(=O)=O)cc1. The second kappa shape index (κ2) is 7.65. The Hall–Kier alpha value is -2.09. The average Bonchev–Trinajstić information content (AvgIpc) is 2.41. The highest BCUT2D eigenvalue weighted by Gasteiger charge is 2.22. The lowest BCUT2D eigenvalue weighted by molar-refractivity contribution is -0.128. The van der Waals surface area contributed by atoms with Gasteiger partial charge in [-0.05, 0) is 24.3 Å². The first kappa shape index (κ1) is 20.0. The lowest BCUT2D eigenvalue weighted by Crippen LogP contribution is -2.41. The molecule has 0 radical (unpaired) electrons. The number of carbonyl (C=O) groups excluding carboxylic acids is 2. The molecule has 0 bridgehead atoms. The zero-order valence-corrected chi connectivity index (χ0v) is 15.5. The molecule has 1 aromatic rings. The van der Waals surface area contributed by atoms with Gasteiger partial charge in [0.1, 0.15) is 0 Å². The average molecular weight is 355 g/mol. The molecule has 0 spiro atoms. The third kappa shape index (κ3) is 6.19. The second-order valence-corrected chi connectivity index (χ2v) is 8.48. The van der Waals surface area contributed by atoms with Crippen LogP contribution in [0.3, 0.4) is 0 Å². The quantitative estimate of drug-likeness (QED) is 0.810. The van der Waals surface area contributed by atoms with Crippen molar-refractivity contribution in [2.24, 2.45) is 5.41 Å². The molecule has 2 N–H and O–H groups in total. The fraction of sp³-hybridized carbons (Fsp3) is 0.500. The Morgan fingerprint density at radius 3 is 2.08 bits per heavy atom. The Bertz CT molecular complexity index is 691. The van der Waals surface area contributed by atoms with Crippen LogP contribution in [-0.2, 0) is 19.6 Å². The van der Waals surface area contributed by atoms with Gasteiger partial charge in [0.15, 0.2) is 0 Å². The van der Waals surface area contributed by atoms with E-state index < -0.39 is 15.4 Å². The predicted octanol–water partition coefficient (Wildman–Crippen LogP) is 1.57. The summed E-state index contributed by atoms with van der Waals surface area (Å²) >= 11 is 0. The van der Waals surface area contributed by atoms with Crippen molar-refractivity contribution in [1.82, 2.24) is 5.32 Å². The van der Waals surface area contributed by atoms with Crippen molar-refractivity contribution in [3.05, 3.63) is 24.3 Å². The summed E-state index contributed by atoms with van der Waals surface area (Å²) in [7, 11) is -3.49. The number of carbonyl (C=O) groups is 2. The largest absolute Gasteiger partial charge is 0.354 e. The van der Waals surface area contributed by atoms with Crippen LogP contribution in [0.25, 0.3) is 0 Å². The zero-order valence-electron chi connectivity index (χ0n) is 14.7. The first-order chi connectivity index (χ1) is 10.9. The van der Waals surface area contributed by atoms with Gasteiger partial charge in [-0.2, -0.15) is 0 Å². The van der Waals surface area contributed by atoms with Crippen LogP contribution in [0.2, 0.25) is 0 Å². The van der Waals surface area contributed by atoms with Crippen LogP contribution in [0.5, 0.6) is 0 Å². The van der Waals surface area contributed by atoms with Gasteiger partial charge in [0.25, 0.3) is 0 Å². The molecule has 1 aromatic carbocycles. The van der Waals surface area contributed by atoms with Crippen LogP contribution in [0.15, 0.2) is 24.3 Å². The van der Waals surface area contributed by atoms with E-state index in [1.165, 1.54) is 11.2 Å². The Morgan fingerprint density at radius 1 is 1.12 bits per heavy atom. The molecule has 7 nitrogen and oxygen atoms in total. The van der Waals surface area contributed by atoms with E-state index in [2.05, 4.69) is 10.6 Å². The molecule has 0 atom stereocenters. The molecule has 0 saturated carbocycles. The summed E-state index contributed by atoms with van der Waals surface area (Å²) in [5.41, 5.74) is 0.521. The van der Waals surface area contributed by atoms with Crippen molar-refractivity contribution < 1.29 is 18.0 Å². The molecule has 134 valence electrons. The highest BCUT2D eigenvalue weighted by Crippen LogP contribution is 2.20. The molecule has 2 amide bonds. The molecule has 0 unspecified atom stereocenters. The van der Waals surface area contributed by atoms with Gasteiger partial charge in [-0.25, -0.2) is 8.42 Å². The van der Waals surface area contributed by atoms with Crippen LogP contribution in [0.4, 0.5) is 11.4 Å². The summed E-state index contributed by atoms with van der Waals surface area (Å²) in [4.78, 5) is 22.9. The Morgan fingerprint density at radius 2 is 1.67 bits per heavy atom. The molecule has 8 heteroatoms. The maximum atomic E-state index is 12.0. The molecule has 0 saturated heterocycles. The number of rotatable bonds is 6. The highest BCUT2D eigenvalue weighted by molar-refractivity contribution is 7.92. The Labute approximate surface area is 143 Å². The normalized spacial score (nSPS) is 11.7. The van der Waals surface area contributed by atoms with Gasteiger partial charge in [0.2, 0.25) is 21.8 Å². The third-order valence-electron chi connectivity index (χ3n) is 3.16. The molecule has 0 fully saturated rings. The van der Waals surface area contributed by atoms with E-state index in [1.807, 2.05) is 0 Å². The fourth-order valence-electron chi connectivity index (χ4n) is 1.94. The molecular weight excluding hydrogens is 330 g/mol. The molecule has 24 heavy (non-hydrogen) atoms. The van der Waals surface area contributed by atoms with Gasteiger partial charge < -0.3 is 10.6 Å². The van der Waals surface area contributed by atoms with E-state index in [9.17, 15) is 18.0 Å². The lowest BCUT2D eigenvalue weighted by Gasteiger charge is -2.24. The monoisotopic (exact) mass is 355 g/mol. The summed E-state index contributed by atoms with van der Waals surface area (Å²) in [5, 5.41) is 5.35. The van der Waals surface area contributed by atoms with E-state index in [0.29, 0.717) is 11.4 Å². The van der Waals surface area contributed by atoms with Crippen molar-refractivity contribution >= 4 is 33.2 Å². The maximum Gasteiger partial charge on any atom is 0.232 e. The number of nitrogens with zero attached hydrogens (tertiary/aromatic N) is 1. The highest BCUT2D eigenvalue weighted by atomic mass is 32.2. The molecule has 0 aliphatic heterocycles. The molecule has 0 heterocycles. The van der Waals surface area contributed by atoms with Crippen molar-refractivity contribution in [1.29, 1.82) is 0 Å². The first-order valence-electron chi connectivity index (χ1n) is 7.55. The minimum absolute atomic E-state index is 0.125. The van der Waals surface area contributed by atoms with Gasteiger partial charge in [-0.1, -0.05) is 20.8 Å². The summed E-state index contributed by atoms with van der Waals surface area (Å²) in [6.45, 7) is 7.09.